The predicted molar refractivity (Wildman–Crippen MR) is 127 cm³/mol. The van der Waals surface area contributed by atoms with Crippen LogP contribution in [0.5, 0.6) is 23.0 Å². The third kappa shape index (κ3) is 6.09. The van der Waals surface area contributed by atoms with Gasteiger partial charge in [-0.1, -0.05) is 12.1 Å². The predicted octanol–water partition coefficient (Wildman–Crippen LogP) is 2.64. The number of likely N-dealkylation sites (N-methyl/N-ethyl adjacent to an activating group) is 1. The van der Waals surface area contributed by atoms with Crippen molar-refractivity contribution in [3.63, 3.8) is 0 Å². The molecule has 1 aliphatic heterocycles. The molecule has 0 aromatic heterocycles. The van der Waals surface area contributed by atoms with E-state index in [0.717, 1.165) is 37.3 Å². The van der Waals surface area contributed by atoms with E-state index >= 15 is 0 Å². The smallest absolute Gasteiger partial charge is 0.236 e. The van der Waals surface area contributed by atoms with Crippen molar-refractivity contribution in [3.8, 4) is 23.0 Å². The normalized spacial score (nSPS) is 14.5. The van der Waals surface area contributed by atoms with Gasteiger partial charge < -0.3 is 23.8 Å². The van der Waals surface area contributed by atoms with Gasteiger partial charge in [0.1, 0.15) is 0 Å². The summed E-state index contributed by atoms with van der Waals surface area (Å²) in [6.07, 6.45) is 0. The number of rotatable bonds is 10. The molecule has 8 nitrogen and oxygen atoms in total. The summed E-state index contributed by atoms with van der Waals surface area (Å²) in [4.78, 5) is 18.8. The Kier molecular flexibility index (Phi) is 8.95. The van der Waals surface area contributed by atoms with Crippen LogP contribution in [-0.2, 0) is 17.9 Å². The topological polar surface area (TPSA) is 63.7 Å². The van der Waals surface area contributed by atoms with E-state index in [1.165, 1.54) is 13.2 Å². The number of amides is 1. The van der Waals surface area contributed by atoms with Crippen LogP contribution in [0, 0.1) is 5.82 Å². The Balaban J connectivity index is 1.51. The molecule has 2 aromatic rings. The van der Waals surface area contributed by atoms with Gasteiger partial charge in [0.05, 0.1) is 35.0 Å². The SMILES string of the molecule is COc1ccc(CN(C)C(=O)CN2CCN(Cc3ccc(OC)c(OC)c3OC)CC2)cc1F. The molecule has 1 heterocycles. The standard InChI is InChI=1S/C25H34FN3O5/c1-27(15-18-6-8-21(31-2)20(26)14-18)23(30)17-29-12-10-28(11-13-29)16-19-7-9-22(32-3)25(34-5)24(19)33-4/h6-9,14H,10-13,15-17H2,1-5H3. The highest BCUT2D eigenvalue weighted by molar-refractivity contribution is 5.78. The number of carbonyl (C=O) groups is 1. The molecule has 0 saturated carbocycles. The first kappa shape index (κ1) is 25.6. The summed E-state index contributed by atoms with van der Waals surface area (Å²) in [5.41, 5.74) is 1.75. The molecule has 1 saturated heterocycles. The maximum absolute atomic E-state index is 13.9. The summed E-state index contributed by atoms with van der Waals surface area (Å²) in [5, 5.41) is 0. The summed E-state index contributed by atoms with van der Waals surface area (Å²) in [5.74, 6) is 1.67. The average molecular weight is 476 g/mol. The zero-order valence-corrected chi connectivity index (χ0v) is 20.6. The number of methoxy groups -OCH3 is 4. The molecule has 0 spiro atoms. The van der Waals surface area contributed by atoms with Crippen LogP contribution in [0.1, 0.15) is 11.1 Å². The van der Waals surface area contributed by atoms with E-state index < -0.39 is 5.82 Å². The minimum atomic E-state index is -0.428. The van der Waals surface area contributed by atoms with Crippen molar-refractivity contribution >= 4 is 5.91 Å². The highest BCUT2D eigenvalue weighted by atomic mass is 19.1. The zero-order chi connectivity index (χ0) is 24.7. The maximum atomic E-state index is 13.9. The fourth-order valence-corrected chi connectivity index (χ4v) is 4.12. The van der Waals surface area contributed by atoms with Crippen LogP contribution in [0.3, 0.4) is 0 Å². The molecular weight excluding hydrogens is 441 g/mol. The van der Waals surface area contributed by atoms with Crippen molar-refractivity contribution in [2.24, 2.45) is 0 Å². The lowest BCUT2D eigenvalue weighted by atomic mass is 10.1. The second-order valence-corrected chi connectivity index (χ2v) is 8.26. The van der Waals surface area contributed by atoms with Crippen LogP contribution in [0.4, 0.5) is 4.39 Å². The second kappa shape index (κ2) is 11.9. The Morgan fingerprint density at radius 2 is 1.50 bits per heavy atom. The monoisotopic (exact) mass is 475 g/mol. The lowest BCUT2D eigenvalue weighted by Gasteiger charge is -2.35. The molecule has 1 amide bonds. The summed E-state index contributed by atoms with van der Waals surface area (Å²) in [6, 6.07) is 8.63. The first-order valence-corrected chi connectivity index (χ1v) is 11.2. The van der Waals surface area contributed by atoms with E-state index in [1.54, 1.807) is 45.4 Å². The van der Waals surface area contributed by atoms with E-state index in [9.17, 15) is 9.18 Å². The molecule has 0 bridgehead atoms. The number of piperazine rings is 1. The third-order valence-electron chi connectivity index (χ3n) is 6.07. The first-order valence-electron chi connectivity index (χ1n) is 11.2. The van der Waals surface area contributed by atoms with Gasteiger partial charge in [-0.25, -0.2) is 4.39 Å². The summed E-state index contributed by atoms with van der Waals surface area (Å²) < 4.78 is 35.3. The van der Waals surface area contributed by atoms with Gasteiger partial charge in [-0.2, -0.15) is 0 Å². The van der Waals surface area contributed by atoms with E-state index in [-0.39, 0.29) is 11.7 Å². The van der Waals surface area contributed by atoms with Gasteiger partial charge in [0, 0.05) is 51.9 Å². The van der Waals surface area contributed by atoms with Crippen LogP contribution in [0.25, 0.3) is 0 Å². The molecule has 1 fully saturated rings. The highest BCUT2D eigenvalue weighted by Crippen LogP contribution is 2.40. The van der Waals surface area contributed by atoms with E-state index in [2.05, 4.69) is 9.80 Å². The number of carbonyl (C=O) groups excluding carboxylic acids is 1. The molecule has 0 unspecified atom stereocenters. The molecule has 3 rings (SSSR count). The minimum Gasteiger partial charge on any atom is -0.494 e. The van der Waals surface area contributed by atoms with Crippen LogP contribution in [-0.4, -0.2) is 88.8 Å². The molecule has 0 N–H and O–H groups in total. The van der Waals surface area contributed by atoms with Gasteiger partial charge in [-0.05, 0) is 23.8 Å². The number of halogens is 1. The molecule has 0 aliphatic carbocycles. The largest absolute Gasteiger partial charge is 0.494 e. The Morgan fingerprint density at radius 3 is 2.09 bits per heavy atom. The fourth-order valence-electron chi connectivity index (χ4n) is 4.12. The van der Waals surface area contributed by atoms with Gasteiger partial charge in [-0.3, -0.25) is 14.6 Å². The van der Waals surface area contributed by atoms with Crippen LogP contribution in [0.2, 0.25) is 0 Å². The number of hydrogen-bond donors (Lipinski definition) is 0. The second-order valence-electron chi connectivity index (χ2n) is 8.26. The molecule has 34 heavy (non-hydrogen) atoms. The highest BCUT2D eigenvalue weighted by Gasteiger charge is 2.23. The quantitative estimate of drug-likeness (QED) is 0.524. The van der Waals surface area contributed by atoms with Gasteiger partial charge in [0.2, 0.25) is 11.7 Å². The Morgan fingerprint density at radius 1 is 0.882 bits per heavy atom. The van der Waals surface area contributed by atoms with Crippen LogP contribution in [0.15, 0.2) is 30.3 Å². The molecule has 2 aromatic carbocycles. The Bertz CT molecular complexity index is 979. The number of benzene rings is 2. The van der Waals surface area contributed by atoms with Crippen molar-refractivity contribution in [1.29, 1.82) is 0 Å². The molecular formula is C25H34FN3O5. The lowest BCUT2D eigenvalue weighted by Crippen LogP contribution is -2.49. The van der Waals surface area contributed by atoms with Crippen molar-refractivity contribution in [2.45, 2.75) is 13.1 Å². The fraction of sp³-hybridized carbons (Fsp3) is 0.480. The average Bonchev–Trinajstić information content (AvgIpc) is 2.84. The Hall–Kier alpha value is -3.04. The van der Waals surface area contributed by atoms with E-state index in [4.69, 9.17) is 18.9 Å². The molecule has 186 valence electrons. The van der Waals surface area contributed by atoms with Gasteiger partial charge in [-0.15, -0.1) is 0 Å². The minimum absolute atomic E-state index is 0.00577. The van der Waals surface area contributed by atoms with Crippen LogP contribution >= 0.6 is 0 Å². The van der Waals surface area contributed by atoms with Crippen molar-refractivity contribution in [2.75, 3.05) is 68.2 Å². The van der Waals surface area contributed by atoms with E-state index in [0.29, 0.717) is 36.9 Å². The van der Waals surface area contributed by atoms with Gasteiger partial charge in [0.25, 0.3) is 0 Å². The number of ether oxygens (including phenoxy) is 4. The summed E-state index contributed by atoms with van der Waals surface area (Å²) in [7, 11) is 8.00. The lowest BCUT2D eigenvalue weighted by molar-refractivity contribution is -0.132. The van der Waals surface area contributed by atoms with Crippen molar-refractivity contribution < 1.29 is 28.1 Å². The first-order chi connectivity index (χ1) is 16.4. The van der Waals surface area contributed by atoms with Crippen LogP contribution < -0.4 is 18.9 Å². The zero-order valence-electron chi connectivity index (χ0n) is 20.6. The number of hydrogen-bond acceptors (Lipinski definition) is 7. The Labute approximate surface area is 200 Å². The van der Waals surface area contributed by atoms with Gasteiger partial charge in [0.15, 0.2) is 23.1 Å². The van der Waals surface area contributed by atoms with Crippen molar-refractivity contribution in [3.05, 3.63) is 47.3 Å². The summed E-state index contributed by atoms with van der Waals surface area (Å²) >= 11 is 0. The molecule has 1 aliphatic rings. The van der Waals surface area contributed by atoms with E-state index in [1.807, 2.05) is 12.1 Å². The third-order valence-corrected chi connectivity index (χ3v) is 6.07. The molecule has 0 radical (unpaired) electrons. The maximum Gasteiger partial charge on any atom is 0.236 e. The van der Waals surface area contributed by atoms with Gasteiger partial charge >= 0.3 is 0 Å². The molecule has 9 heteroatoms. The summed E-state index contributed by atoms with van der Waals surface area (Å²) in [6.45, 7) is 4.63. The number of nitrogens with zero attached hydrogens (tertiary/aromatic N) is 3. The van der Waals surface area contributed by atoms with Crippen molar-refractivity contribution in [1.82, 2.24) is 14.7 Å². The molecule has 0 atom stereocenters.